The van der Waals surface area contributed by atoms with Crippen LogP contribution in [0.15, 0.2) is 48.7 Å². The first-order valence-electron chi connectivity index (χ1n) is 5.33. The average Bonchev–Trinajstić information content (AvgIpc) is 2.40. The molecule has 0 aliphatic heterocycles. The molecule has 0 fully saturated rings. The summed E-state index contributed by atoms with van der Waals surface area (Å²) in [5, 5.41) is 0. The van der Waals surface area contributed by atoms with Crippen molar-refractivity contribution in [1.82, 2.24) is 10.5 Å². The summed E-state index contributed by atoms with van der Waals surface area (Å²) in [5.41, 5.74) is 3.28. The number of aromatic nitrogens is 1. The van der Waals surface area contributed by atoms with E-state index in [4.69, 9.17) is 4.84 Å². The average molecular weight is 246 g/mol. The Morgan fingerprint density at radius 2 is 2.00 bits per heavy atom. The molecule has 18 heavy (non-hydrogen) atoms. The lowest BCUT2D eigenvalue weighted by molar-refractivity contribution is 0.0229. The van der Waals surface area contributed by atoms with Crippen LogP contribution in [0.1, 0.15) is 16.1 Å². The molecule has 5 heteroatoms. The number of nitrogens with zero attached hydrogens (tertiary/aromatic N) is 1. The van der Waals surface area contributed by atoms with Crippen LogP contribution in [0.4, 0.5) is 4.39 Å². The van der Waals surface area contributed by atoms with Crippen LogP contribution in [0.5, 0.6) is 0 Å². The van der Waals surface area contributed by atoms with Gasteiger partial charge in [0.15, 0.2) is 0 Å². The first-order chi connectivity index (χ1) is 8.75. The fourth-order valence-corrected chi connectivity index (χ4v) is 1.32. The minimum absolute atomic E-state index is 0.101. The molecule has 4 nitrogen and oxygen atoms in total. The van der Waals surface area contributed by atoms with Gasteiger partial charge in [-0.15, -0.1) is 0 Å². The molecule has 0 aliphatic rings. The molecular formula is C13H11FN2O2. The number of carbonyl (C=O) groups is 1. The zero-order valence-corrected chi connectivity index (χ0v) is 9.47. The number of rotatable bonds is 4. The van der Waals surface area contributed by atoms with E-state index in [0.717, 1.165) is 11.8 Å². The van der Waals surface area contributed by atoms with Gasteiger partial charge in [-0.3, -0.25) is 9.63 Å². The standard InChI is InChI=1S/C13H11FN2O2/c14-11-6-7-12(15-8-11)13(17)16-18-9-10-4-2-1-3-5-10/h1-8H,9H2,(H,16,17). The van der Waals surface area contributed by atoms with Gasteiger partial charge in [0.25, 0.3) is 5.91 Å². The fourth-order valence-electron chi connectivity index (χ4n) is 1.32. The van der Waals surface area contributed by atoms with E-state index in [0.29, 0.717) is 0 Å². The van der Waals surface area contributed by atoms with Gasteiger partial charge in [-0.2, -0.15) is 0 Å². The second-order valence-electron chi connectivity index (χ2n) is 3.57. The van der Waals surface area contributed by atoms with Crippen LogP contribution in [-0.4, -0.2) is 10.9 Å². The van der Waals surface area contributed by atoms with E-state index in [1.807, 2.05) is 30.3 Å². The van der Waals surface area contributed by atoms with Crippen molar-refractivity contribution in [2.24, 2.45) is 0 Å². The van der Waals surface area contributed by atoms with E-state index in [1.54, 1.807) is 0 Å². The van der Waals surface area contributed by atoms with Crippen molar-refractivity contribution >= 4 is 5.91 Å². The first-order valence-corrected chi connectivity index (χ1v) is 5.33. The van der Waals surface area contributed by atoms with E-state index < -0.39 is 11.7 Å². The SMILES string of the molecule is O=C(NOCc1ccccc1)c1ccc(F)cn1. The first kappa shape index (κ1) is 12.2. The molecule has 0 aliphatic carbocycles. The van der Waals surface area contributed by atoms with E-state index in [-0.39, 0.29) is 12.3 Å². The normalized spacial score (nSPS) is 10.1. The molecule has 1 N–H and O–H groups in total. The van der Waals surface area contributed by atoms with E-state index >= 15 is 0 Å². The van der Waals surface area contributed by atoms with Crippen molar-refractivity contribution < 1.29 is 14.0 Å². The van der Waals surface area contributed by atoms with Crippen molar-refractivity contribution in [3.05, 3.63) is 65.7 Å². The minimum Gasteiger partial charge on any atom is -0.269 e. The second-order valence-corrected chi connectivity index (χ2v) is 3.57. The minimum atomic E-state index is -0.508. The maximum absolute atomic E-state index is 12.6. The van der Waals surface area contributed by atoms with Crippen molar-refractivity contribution in [1.29, 1.82) is 0 Å². The molecule has 1 heterocycles. The summed E-state index contributed by atoms with van der Waals surface area (Å²) in [4.78, 5) is 20.2. The Hall–Kier alpha value is -2.27. The van der Waals surface area contributed by atoms with Gasteiger partial charge in [0, 0.05) is 0 Å². The van der Waals surface area contributed by atoms with Crippen molar-refractivity contribution in [3.63, 3.8) is 0 Å². The Bertz CT molecular complexity index is 514. The summed E-state index contributed by atoms with van der Waals surface area (Å²) in [5.74, 6) is -0.998. The van der Waals surface area contributed by atoms with Gasteiger partial charge in [-0.05, 0) is 17.7 Å². The number of pyridine rings is 1. The lowest BCUT2D eigenvalue weighted by Gasteiger charge is -2.05. The molecule has 0 saturated heterocycles. The zero-order valence-electron chi connectivity index (χ0n) is 9.47. The van der Waals surface area contributed by atoms with E-state index in [2.05, 4.69) is 10.5 Å². The van der Waals surface area contributed by atoms with Gasteiger partial charge in [-0.25, -0.2) is 14.9 Å². The summed E-state index contributed by atoms with van der Waals surface area (Å²) in [6, 6.07) is 11.9. The molecule has 0 spiro atoms. The number of amides is 1. The predicted octanol–water partition coefficient (Wildman–Crippen LogP) is 2.08. The van der Waals surface area contributed by atoms with Gasteiger partial charge >= 0.3 is 0 Å². The molecule has 0 saturated carbocycles. The number of hydrogen-bond acceptors (Lipinski definition) is 3. The molecule has 1 aromatic carbocycles. The van der Waals surface area contributed by atoms with Gasteiger partial charge < -0.3 is 0 Å². The van der Waals surface area contributed by atoms with Gasteiger partial charge in [0.05, 0.1) is 12.8 Å². The number of carbonyl (C=O) groups excluding carboxylic acids is 1. The van der Waals surface area contributed by atoms with Crippen LogP contribution in [0.3, 0.4) is 0 Å². The smallest absolute Gasteiger partial charge is 0.269 e. The number of hydroxylamine groups is 1. The van der Waals surface area contributed by atoms with Gasteiger partial charge in [-0.1, -0.05) is 30.3 Å². The van der Waals surface area contributed by atoms with Crippen LogP contribution in [0.2, 0.25) is 0 Å². The molecule has 1 amide bonds. The van der Waals surface area contributed by atoms with Crippen molar-refractivity contribution in [2.45, 2.75) is 6.61 Å². The molecular weight excluding hydrogens is 235 g/mol. The quantitative estimate of drug-likeness (QED) is 0.840. The van der Waals surface area contributed by atoms with E-state index in [1.165, 1.54) is 12.1 Å². The third-order valence-corrected chi connectivity index (χ3v) is 2.21. The highest BCUT2D eigenvalue weighted by Crippen LogP contribution is 2.01. The topological polar surface area (TPSA) is 51.2 Å². The molecule has 1 aromatic heterocycles. The fraction of sp³-hybridized carbons (Fsp3) is 0.0769. The maximum atomic E-state index is 12.6. The van der Waals surface area contributed by atoms with Crippen molar-refractivity contribution in [3.8, 4) is 0 Å². The summed E-state index contributed by atoms with van der Waals surface area (Å²) in [6.45, 7) is 0.258. The van der Waals surface area contributed by atoms with Crippen LogP contribution >= 0.6 is 0 Å². The molecule has 2 rings (SSSR count). The highest BCUT2D eigenvalue weighted by atomic mass is 19.1. The highest BCUT2D eigenvalue weighted by molar-refractivity contribution is 5.91. The number of benzene rings is 1. The van der Waals surface area contributed by atoms with Crippen LogP contribution < -0.4 is 5.48 Å². The number of hydrogen-bond donors (Lipinski definition) is 1. The molecule has 0 atom stereocenters. The number of nitrogens with one attached hydrogen (secondary N) is 1. The Morgan fingerprint density at radius 1 is 1.22 bits per heavy atom. The Labute approximate surface area is 103 Å². The lowest BCUT2D eigenvalue weighted by atomic mass is 10.2. The van der Waals surface area contributed by atoms with Crippen LogP contribution in [0.25, 0.3) is 0 Å². The lowest BCUT2D eigenvalue weighted by Crippen LogP contribution is -2.24. The molecule has 2 aromatic rings. The summed E-state index contributed by atoms with van der Waals surface area (Å²) >= 11 is 0. The summed E-state index contributed by atoms with van der Waals surface area (Å²) in [6.07, 6.45) is 0.978. The summed E-state index contributed by atoms with van der Waals surface area (Å²) < 4.78 is 12.6. The van der Waals surface area contributed by atoms with E-state index in [9.17, 15) is 9.18 Å². The second kappa shape index (κ2) is 5.88. The van der Waals surface area contributed by atoms with Crippen molar-refractivity contribution in [2.75, 3.05) is 0 Å². The molecule has 0 unspecified atom stereocenters. The van der Waals surface area contributed by atoms with Gasteiger partial charge in [0.2, 0.25) is 0 Å². The summed E-state index contributed by atoms with van der Waals surface area (Å²) in [7, 11) is 0. The highest BCUT2D eigenvalue weighted by Gasteiger charge is 2.06. The largest absolute Gasteiger partial charge is 0.293 e. The Morgan fingerprint density at radius 3 is 2.67 bits per heavy atom. The Balaban J connectivity index is 1.84. The molecule has 0 bridgehead atoms. The number of halogens is 1. The predicted molar refractivity (Wildman–Crippen MR) is 62.9 cm³/mol. The third-order valence-electron chi connectivity index (χ3n) is 2.21. The van der Waals surface area contributed by atoms with Gasteiger partial charge in [0.1, 0.15) is 11.5 Å². The molecule has 92 valence electrons. The molecule has 0 radical (unpaired) electrons. The monoisotopic (exact) mass is 246 g/mol. The van der Waals surface area contributed by atoms with Crippen LogP contribution in [-0.2, 0) is 11.4 Å². The van der Waals surface area contributed by atoms with Crippen LogP contribution in [0, 0.1) is 5.82 Å². The Kier molecular flexibility index (Phi) is 3.98. The maximum Gasteiger partial charge on any atom is 0.293 e. The zero-order chi connectivity index (χ0) is 12.8. The third kappa shape index (κ3) is 3.36.